The molecule has 0 aromatic carbocycles. The van der Waals surface area contributed by atoms with E-state index in [9.17, 15) is 4.53 Å². The molecule has 0 saturated carbocycles. The van der Waals surface area contributed by atoms with Crippen LogP contribution in [0.4, 0.5) is 4.53 Å². The number of rotatable bonds is 2. The van der Waals surface area contributed by atoms with E-state index in [0.717, 1.165) is 0 Å². The van der Waals surface area contributed by atoms with Crippen LogP contribution in [0.3, 0.4) is 0 Å². The molecule has 2 radical (unpaired) electrons. The van der Waals surface area contributed by atoms with Crippen molar-refractivity contribution in [3.63, 3.8) is 0 Å². The highest BCUT2D eigenvalue weighted by Gasteiger charge is 2.33. The monoisotopic (exact) mass is 146 g/mol. The van der Waals surface area contributed by atoms with Crippen LogP contribution >= 0.6 is 0 Å². The third kappa shape index (κ3) is 1.48. The Hall–Kier alpha value is -0.125. The van der Waals surface area contributed by atoms with E-state index in [1.54, 1.807) is 0 Å². The third-order valence-corrected chi connectivity index (χ3v) is 1.52. The van der Waals surface area contributed by atoms with Crippen LogP contribution in [-0.4, -0.2) is 37.8 Å². The van der Waals surface area contributed by atoms with Crippen molar-refractivity contribution in [1.82, 2.24) is 0 Å². The summed E-state index contributed by atoms with van der Waals surface area (Å²) in [6.07, 6.45) is -1.03. The van der Waals surface area contributed by atoms with E-state index >= 15 is 0 Å². The van der Waals surface area contributed by atoms with Gasteiger partial charge in [-0.05, 0) is 10.9 Å². The van der Waals surface area contributed by atoms with Gasteiger partial charge in [0.15, 0.2) is 0 Å². The van der Waals surface area contributed by atoms with Crippen LogP contribution in [0, 0.1) is 0 Å². The molecule has 1 unspecified atom stereocenters. The Bertz CT molecular complexity index is 101. The summed E-state index contributed by atoms with van der Waals surface area (Å²) in [6.45, 7) is -0.262. The number of aliphatic hydroxyl groups excluding tert-OH is 1. The van der Waals surface area contributed by atoms with Crippen LogP contribution < -0.4 is 0 Å². The predicted octanol–water partition coefficient (Wildman–Crippen LogP) is -0.468. The fourth-order valence-corrected chi connectivity index (χ4v) is 1.00. The van der Waals surface area contributed by atoms with Gasteiger partial charge in [-0.2, -0.15) is 4.94 Å². The molecular formula is C5H8BFO3. The Morgan fingerprint density at radius 3 is 2.90 bits per heavy atom. The zero-order valence-corrected chi connectivity index (χ0v) is 5.37. The summed E-state index contributed by atoms with van der Waals surface area (Å²) in [5.41, 5.74) is 0. The van der Waals surface area contributed by atoms with Crippen LogP contribution in [0.15, 0.2) is 0 Å². The van der Waals surface area contributed by atoms with E-state index in [-0.39, 0.29) is 6.61 Å². The van der Waals surface area contributed by atoms with Crippen LogP contribution in [0.2, 0.25) is 0 Å². The Labute approximate surface area is 59.4 Å². The molecule has 3 nitrogen and oxygen atoms in total. The Kier molecular flexibility index (Phi) is 2.65. The number of ether oxygens (including phenoxy) is 1. The topological polar surface area (TPSA) is 38.7 Å². The highest BCUT2D eigenvalue weighted by molar-refractivity contribution is 6.11. The number of halogens is 1. The maximum atomic E-state index is 11.6. The first-order chi connectivity index (χ1) is 4.77. The van der Waals surface area contributed by atoms with Gasteiger partial charge < -0.3 is 9.84 Å². The third-order valence-electron chi connectivity index (χ3n) is 1.52. The lowest BCUT2D eigenvalue weighted by atomic mass is 9.96. The normalized spacial score (nSPS) is 40.4. The van der Waals surface area contributed by atoms with Gasteiger partial charge in [-0.1, -0.05) is 0 Å². The molecule has 1 fully saturated rings. The first-order valence-electron chi connectivity index (χ1n) is 3.07. The fourth-order valence-electron chi connectivity index (χ4n) is 1.00. The minimum absolute atomic E-state index is 0.262. The highest BCUT2D eigenvalue weighted by atomic mass is 19.3. The van der Waals surface area contributed by atoms with Crippen LogP contribution in [0.25, 0.3) is 0 Å². The Morgan fingerprint density at radius 2 is 2.50 bits per heavy atom. The van der Waals surface area contributed by atoms with Gasteiger partial charge in [0.2, 0.25) is 0 Å². The average Bonchev–Trinajstić information content (AvgIpc) is 2.30. The van der Waals surface area contributed by atoms with Crippen LogP contribution in [-0.2, 0) is 9.68 Å². The largest absolute Gasteiger partial charge is 0.394 e. The van der Waals surface area contributed by atoms with E-state index < -0.39 is 18.2 Å². The molecule has 0 aromatic heterocycles. The Balaban J connectivity index is 2.41. The fraction of sp³-hybridized carbons (Fsp3) is 1.00. The van der Waals surface area contributed by atoms with Crippen molar-refractivity contribution in [2.75, 3.05) is 6.61 Å². The molecule has 10 heavy (non-hydrogen) atoms. The van der Waals surface area contributed by atoms with Crippen molar-refractivity contribution in [3.05, 3.63) is 0 Å². The second kappa shape index (κ2) is 3.32. The Morgan fingerprint density at radius 1 is 1.80 bits per heavy atom. The quantitative estimate of drug-likeness (QED) is 0.535. The van der Waals surface area contributed by atoms with Crippen LogP contribution in [0.1, 0.15) is 6.42 Å². The van der Waals surface area contributed by atoms with Crippen molar-refractivity contribution in [1.29, 1.82) is 0 Å². The average molecular weight is 146 g/mol. The number of hydrogen-bond acceptors (Lipinski definition) is 3. The van der Waals surface area contributed by atoms with Gasteiger partial charge in [-0.3, -0.25) is 0 Å². The van der Waals surface area contributed by atoms with E-state index in [0.29, 0.717) is 6.42 Å². The summed E-state index contributed by atoms with van der Waals surface area (Å²) in [5.74, 6) is 0. The standard InChI is InChI=1S/C5H8BFO3/c6-5-1-3(10-7)4(2-8)9-5/h3-5,8H,1-2H2/t3?,4-,5-/m1/s1. The molecule has 0 bridgehead atoms. The lowest BCUT2D eigenvalue weighted by Gasteiger charge is -2.10. The highest BCUT2D eigenvalue weighted by Crippen LogP contribution is 2.20. The first kappa shape index (κ1) is 7.98. The molecule has 56 valence electrons. The maximum absolute atomic E-state index is 11.6. The van der Waals surface area contributed by atoms with Gasteiger partial charge in [0.25, 0.3) is 0 Å². The molecule has 1 rings (SSSR count). The van der Waals surface area contributed by atoms with Gasteiger partial charge in [-0.15, -0.1) is 0 Å². The number of hydrogen-bond donors (Lipinski definition) is 1. The summed E-state index contributed by atoms with van der Waals surface area (Å²) in [4.78, 5) is 3.52. The van der Waals surface area contributed by atoms with Gasteiger partial charge >= 0.3 is 0 Å². The van der Waals surface area contributed by atoms with Crippen molar-refractivity contribution in [2.24, 2.45) is 0 Å². The molecule has 1 aliphatic heterocycles. The molecule has 1 saturated heterocycles. The second-order valence-corrected chi connectivity index (χ2v) is 2.26. The van der Waals surface area contributed by atoms with Gasteiger partial charge in [0.1, 0.15) is 20.1 Å². The predicted molar refractivity (Wildman–Crippen MR) is 32.1 cm³/mol. The van der Waals surface area contributed by atoms with Gasteiger partial charge in [-0.25, -0.2) is 0 Å². The van der Waals surface area contributed by atoms with Gasteiger partial charge in [0, 0.05) is 6.00 Å². The lowest BCUT2D eigenvalue weighted by Crippen LogP contribution is -2.25. The zero-order chi connectivity index (χ0) is 7.56. The molecule has 1 heterocycles. The van der Waals surface area contributed by atoms with Crippen molar-refractivity contribution in [3.8, 4) is 0 Å². The summed E-state index contributed by atoms with van der Waals surface area (Å²) in [5, 5.41) is 8.56. The minimum atomic E-state index is -0.708. The molecule has 0 spiro atoms. The van der Waals surface area contributed by atoms with Crippen molar-refractivity contribution < 1.29 is 19.3 Å². The molecule has 0 aliphatic carbocycles. The molecule has 0 aromatic rings. The van der Waals surface area contributed by atoms with E-state index in [1.165, 1.54) is 0 Å². The summed E-state index contributed by atoms with van der Waals surface area (Å²) in [6, 6.07) is -0.516. The lowest BCUT2D eigenvalue weighted by molar-refractivity contribution is -0.196. The smallest absolute Gasteiger partial charge is 0.128 e. The summed E-state index contributed by atoms with van der Waals surface area (Å²) in [7, 11) is 5.29. The molecule has 1 N–H and O–H groups in total. The maximum Gasteiger partial charge on any atom is 0.128 e. The first-order valence-corrected chi connectivity index (χ1v) is 3.07. The minimum Gasteiger partial charge on any atom is -0.394 e. The number of aliphatic hydroxyl groups is 1. The molecule has 5 heteroatoms. The molecular weight excluding hydrogens is 138 g/mol. The summed E-state index contributed by atoms with van der Waals surface area (Å²) >= 11 is 0. The molecule has 0 amide bonds. The van der Waals surface area contributed by atoms with Crippen LogP contribution in [0.5, 0.6) is 0 Å². The van der Waals surface area contributed by atoms with Crippen molar-refractivity contribution >= 4 is 7.85 Å². The van der Waals surface area contributed by atoms with Crippen molar-refractivity contribution in [2.45, 2.75) is 24.6 Å². The van der Waals surface area contributed by atoms with Gasteiger partial charge in [0.05, 0.1) is 6.61 Å². The summed E-state index contributed by atoms with van der Waals surface area (Å²) < 4.78 is 16.4. The van der Waals surface area contributed by atoms with E-state index in [1.807, 2.05) is 0 Å². The molecule has 3 atom stereocenters. The SMILES string of the molecule is [B][C@H]1CC(OF)[C@@H](CO)O1. The zero-order valence-electron chi connectivity index (χ0n) is 5.37. The second-order valence-electron chi connectivity index (χ2n) is 2.26. The van der Waals surface area contributed by atoms with E-state index in [2.05, 4.69) is 4.94 Å². The molecule has 1 aliphatic rings. The van der Waals surface area contributed by atoms with E-state index in [4.69, 9.17) is 17.7 Å².